The first-order valence-electron chi connectivity index (χ1n) is 5.99. The van der Waals surface area contributed by atoms with E-state index in [9.17, 15) is 4.79 Å². The second kappa shape index (κ2) is 4.97. The summed E-state index contributed by atoms with van der Waals surface area (Å²) >= 11 is 1.57. The predicted octanol–water partition coefficient (Wildman–Crippen LogP) is 2.08. The minimum atomic E-state index is 0.0573. The Morgan fingerprint density at radius 2 is 2.42 bits per heavy atom. The summed E-state index contributed by atoms with van der Waals surface area (Å²) in [6, 6.07) is 6.03. The zero-order valence-electron chi connectivity index (χ0n) is 10.5. The topological polar surface area (TPSA) is 59.0 Å². The van der Waals surface area contributed by atoms with E-state index in [0.717, 1.165) is 21.8 Å². The van der Waals surface area contributed by atoms with Gasteiger partial charge in [0, 0.05) is 35.9 Å². The largest absolute Gasteiger partial charge is 0.381 e. The van der Waals surface area contributed by atoms with Crippen molar-refractivity contribution in [3.05, 3.63) is 36.2 Å². The fourth-order valence-electron chi connectivity index (χ4n) is 1.96. The Hall–Kier alpha value is -1.95. The molecule has 0 aliphatic carbocycles. The van der Waals surface area contributed by atoms with Gasteiger partial charge in [-0.05, 0) is 18.2 Å². The van der Waals surface area contributed by atoms with Gasteiger partial charge in [0.05, 0.1) is 17.6 Å². The number of carbonyl (C=O) groups excluding carboxylic acids is 1. The van der Waals surface area contributed by atoms with Gasteiger partial charge in [-0.2, -0.15) is 5.10 Å². The van der Waals surface area contributed by atoms with Crippen LogP contribution in [0.4, 0.5) is 11.4 Å². The third kappa shape index (κ3) is 2.73. The van der Waals surface area contributed by atoms with Crippen molar-refractivity contribution in [2.24, 2.45) is 7.05 Å². The van der Waals surface area contributed by atoms with Gasteiger partial charge < -0.3 is 10.6 Å². The zero-order valence-corrected chi connectivity index (χ0v) is 11.3. The molecule has 0 saturated carbocycles. The van der Waals surface area contributed by atoms with Crippen LogP contribution in [0.5, 0.6) is 0 Å². The van der Waals surface area contributed by atoms with Crippen molar-refractivity contribution >= 4 is 29.0 Å². The Labute approximate surface area is 115 Å². The quantitative estimate of drug-likeness (QED) is 0.899. The number of nitrogens with zero attached hydrogens (tertiary/aromatic N) is 2. The number of thioether (sulfide) groups is 1. The molecule has 2 N–H and O–H groups in total. The van der Waals surface area contributed by atoms with Crippen LogP contribution < -0.4 is 10.6 Å². The lowest BCUT2D eigenvalue weighted by Gasteiger charge is -2.17. The average molecular weight is 274 g/mol. The summed E-state index contributed by atoms with van der Waals surface area (Å²) in [5.74, 6) is 0.553. The summed E-state index contributed by atoms with van der Waals surface area (Å²) in [4.78, 5) is 12.5. The Bertz CT molecular complexity index is 623. The van der Waals surface area contributed by atoms with E-state index >= 15 is 0 Å². The maximum absolute atomic E-state index is 11.4. The molecule has 98 valence electrons. The van der Waals surface area contributed by atoms with Crippen LogP contribution in [0, 0.1) is 0 Å². The van der Waals surface area contributed by atoms with Crippen LogP contribution >= 0.6 is 11.8 Å². The number of anilines is 2. The standard InChI is InChI=1S/C13H14N4OS/c1-17-7-9(6-15-17)5-14-10-2-3-12-11(4-10)16-13(18)8-19-12/h2-4,6-7,14H,5,8H2,1H3,(H,16,18). The van der Waals surface area contributed by atoms with E-state index in [1.54, 1.807) is 16.4 Å². The fraction of sp³-hybridized carbons (Fsp3) is 0.231. The predicted molar refractivity (Wildman–Crippen MR) is 76.3 cm³/mol. The number of rotatable bonds is 3. The number of hydrogen-bond donors (Lipinski definition) is 2. The monoisotopic (exact) mass is 274 g/mol. The van der Waals surface area contributed by atoms with Gasteiger partial charge in [0.25, 0.3) is 0 Å². The molecule has 0 saturated heterocycles. The van der Waals surface area contributed by atoms with Gasteiger partial charge in [0.15, 0.2) is 0 Å². The maximum atomic E-state index is 11.4. The molecule has 19 heavy (non-hydrogen) atoms. The third-order valence-corrected chi connectivity index (χ3v) is 3.94. The summed E-state index contributed by atoms with van der Waals surface area (Å²) in [5, 5.41) is 10.3. The van der Waals surface area contributed by atoms with Crippen molar-refractivity contribution in [1.82, 2.24) is 9.78 Å². The van der Waals surface area contributed by atoms with Crippen molar-refractivity contribution in [3.8, 4) is 0 Å². The fourth-order valence-corrected chi connectivity index (χ4v) is 2.75. The van der Waals surface area contributed by atoms with Crippen LogP contribution in [0.2, 0.25) is 0 Å². The number of fused-ring (bicyclic) bond motifs is 1. The van der Waals surface area contributed by atoms with Crippen LogP contribution in [-0.4, -0.2) is 21.4 Å². The minimum absolute atomic E-state index is 0.0573. The molecule has 1 aliphatic rings. The highest BCUT2D eigenvalue weighted by molar-refractivity contribution is 8.00. The van der Waals surface area contributed by atoms with Crippen LogP contribution in [-0.2, 0) is 18.4 Å². The van der Waals surface area contributed by atoms with E-state index in [4.69, 9.17) is 0 Å². The number of benzene rings is 1. The Balaban J connectivity index is 1.71. The number of amides is 1. The molecule has 0 radical (unpaired) electrons. The molecule has 0 unspecified atom stereocenters. The SMILES string of the molecule is Cn1cc(CNc2ccc3c(c2)NC(=O)CS3)cn1. The molecule has 2 aromatic rings. The molecule has 1 aromatic heterocycles. The molecular formula is C13H14N4OS. The smallest absolute Gasteiger partial charge is 0.234 e. The van der Waals surface area contributed by atoms with E-state index in [1.807, 2.05) is 37.6 Å². The number of carbonyl (C=O) groups is 1. The average Bonchev–Trinajstić information content (AvgIpc) is 2.81. The van der Waals surface area contributed by atoms with Crippen molar-refractivity contribution in [1.29, 1.82) is 0 Å². The number of hydrogen-bond acceptors (Lipinski definition) is 4. The Morgan fingerprint density at radius 3 is 3.21 bits per heavy atom. The van der Waals surface area contributed by atoms with E-state index in [-0.39, 0.29) is 5.91 Å². The van der Waals surface area contributed by atoms with Crippen molar-refractivity contribution in [3.63, 3.8) is 0 Å². The Kier molecular flexibility index (Phi) is 3.16. The lowest BCUT2D eigenvalue weighted by molar-refractivity contribution is -0.113. The summed E-state index contributed by atoms with van der Waals surface area (Å²) in [5.41, 5.74) is 3.00. The Morgan fingerprint density at radius 1 is 1.53 bits per heavy atom. The highest BCUT2D eigenvalue weighted by atomic mass is 32.2. The minimum Gasteiger partial charge on any atom is -0.381 e. The van der Waals surface area contributed by atoms with Gasteiger partial charge in [-0.1, -0.05) is 0 Å². The molecule has 0 spiro atoms. The first-order valence-corrected chi connectivity index (χ1v) is 6.97. The molecule has 1 aromatic carbocycles. The van der Waals surface area contributed by atoms with Gasteiger partial charge in [-0.25, -0.2) is 0 Å². The van der Waals surface area contributed by atoms with E-state index < -0.39 is 0 Å². The molecule has 0 bridgehead atoms. The molecule has 2 heterocycles. The van der Waals surface area contributed by atoms with Crippen LogP contribution in [0.25, 0.3) is 0 Å². The first kappa shape index (κ1) is 12.1. The zero-order chi connectivity index (χ0) is 13.2. The number of nitrogens with one attached hydrogen (secondary N) is 2. The summed E-state index contributed by atoms with van der Waals surface area (Å²) in [7, 11) is 1.90. The second-order valence-corrected chi connectivity index (χ2v) is 5.44. The third-order valence-electron chi connectivity index (χ3n) is 2.87. The highest BCUT2D eigenvalue weighted by Crippen LogP contribution is 2.33. The highest BCUT2D eigenvalue weighted by Gasteiger charge is 2.15. The van der Waals surface area contributed by atoms with Gasteiger partial charge in [-0.3, -0.25) is 9.48 Å². The molecule has 0 atom stereocenters. The van der Waals surface area contributed by atoms with Gasteiger partial charge >= 0.3 is 0 Å². The van der Waals surface area contributed by atoms with Gasteiger partial charge in [0.2, 0.25) is 5.91 Å². The van der Waals surface area contributed by atoms with Crippen LogP contribution in [0.15, 0.2) is 35.5 Å². The normalized spacial score (nSPS) is 13.8. The lowest BCUT2D eigenvalue weighted by Crippen LogP contribution is -2.18. The molecule has 1 amide bonds. The molecule has 6 heteroatoms. The second-order valence-electron chi connectivity index (χ2n) is 4.42. The van der Waals surface area contributed by atoms with Gasteiger partial charge in [-0.15, -0.1) is 11.8 Å². The van der Waals surface area contributed by atoms with Crippen molar-refractivity contribution in [2.45, 2.75) is 11.4 Å². The van der Waals surface area contributed by atoms with E-state index in [0.29, 0.717) is 12.3 Å². The summed E-state index contributed by atoms with van der Waals surface area (Å²) in [6.07, 6.45) is 3.81. The maximum Gasteiger partial charge on any atom is 0.234 e. The summed E-state index contributed by atoms with van der Waals surface area (Å²) < 4.78 is 1.78. The summed E-state index contributed by atoms with van der Waals surface area (Å²) in [6.45, 7) is 0.716. The molecular weight excluding hydrogens is 260 g/mol. The van der Waals surface area contributed by atoms with Crippen molar-refractivity contribution in [2.75, 3.05) is 16.4 Å². The van der Waals surface area contributed by atoms with E-state index in [2.05, 4.69) is 15.7 Å². The molecule has 5 nitrogen and oxygen atoms in total. The van der Waals surface area contributed by atoms with Crippen LogP contribution in [0.1, 0.15) is 5.56 Å². The number of aromatic nitrogens is 2. The van der Waals surface area contributed by atoms with Crippen LogP contribution in [0.3, 0.4) is 0 Å². The number of aryl methyl sites for hydroxylation is 1. The first-order chi connectivity index (χ1) is 9.20. The van der Waals surface area contributed by atoms with Crippen molar-refractivity contribution < 1.29 is 4.79 Å². The molecule has 0 fully saturated rings. The lowest BCUT2D eigenvalue weighted by atomic mass is 10.2. The molecule has 1 aliphatic heterocycles. The van der Waals surface area contributed by atoms with Gasteiger partial charge in [0.1, 0.15) is 0 Å². The molecule has 3 rings (SSSR count). The van der Waals surface area contributed by atoms with E-state index in [1.165, 1.54) is 0 Å².